The first kappa shape index (κ1) is 13.0. The Morgan fingerprint density at radius 3 is 3.05 bits per heavy atom. The number of nitrogens with two attached hydrogens (primary N) is 1. The summed E-state index contributed by atoms with van der Waals surface area (Å²) < 4.78 is 0. The molecule has 1 aromatic heterocycles. The minimum atomic E-state index is 0.301. The predicted octanol–water partition coefficient (Wildman–Crippen LogP) is 1.77. The quantitative estimate of drug-likeness (QED) is 0.899. The summed E-state index contributed by atoms with van der Waals surface area (Å²) in [6, 6.07) is 0. The van der Waals surface area contributed by atoms with Crippen LogP contribution in [0.5, 0.6) is 0 Å². The lowest BCUT2D eigenvalue weighted by molar-refractivity contribution is -0.133. The van der Waals surface area contributed by atoms with Crippen LogP contribution in [-0.4, -0.2) is 27.3 Å². The Hall–Kier alpha value is -1.65. The van der Waals surface area contributed by atoms with Gasteiger partial charge in [0.25, 0.3) is 0 Å². The van der Waals surface area contributed by atoms with E-state index in [-0.39, 0.29) is 0 Å². The fraction of sp³-hybridized carbons (Fsp3) is 0.688. The van der Waals surface area contributed by atoms with Crippen molar-refractivity contribution < 1.29 is 4.79 Å². The molecular formula is C16H22N4O. The molecule has 3 atom stereocenters. The number of aromatic nitrogens is 2. The second kappa shape index (κ2) is 4.97. The third kappa shape index (κ3) is 2.39. The van der Waals surface area contributed by atoms with Crippen LogP contribution in [0, 0.1) is 17.8 Å². The number of hydrogen-bond acceptors (Lipinski definition) is 4. The average Bonchev–Trinajstić information content (AvgIpc) is 3.09. The van der Waals surface area contributed by atoms with Gasteiger partial charge in [-0.15, -0.1) is 0 Å². The number of nitrogens with zero attached hydrogens (tertiary/aromatic N) is 3. The third-order valence-corrected chi connectivity index (χ3v) is 5.64. The summed E-state index contributed by atoms with van der Waals surface area (Å²) in [6.07, 6.45) is 8.75. The van der Waals surface area contributed by atoms with E-state index in [0.717, 1.165) is 42.5 Å². The van der Waals surface area contributed by atoms with Crippen LogP contribution < -0.4 is 5.73 Å². The van der Waals surface area contributed by atoms with Gasteiger partial charge in [0.05, 0.1) is 12.2 Å². The highest BCUT2D eigenvalue weighted by Gasteiger charge is 2.40. The summed E-state index contributed by atoms with van der Waals surface area (Å²) in [7, 11) is 0. The fourth-order valence-electron chi connectivity index (χ4n) is 4.51. The van der Waals surface area contributed by atoms with E-state index in [4.69, 9.17) is 5.73 Å². The maximum atomic E-state index is 12.6. The first-order valence-electron chi connectivity index (χ1n) is 8.07. The monoisotopic (exact) mass is 286 g/mol. The van der Waals surface area contributed by atoms with Crippen molar-refractivity contribution in [2.45, 2.75) is 45.1 Å². The highest BCUT2D eigenvalue weighted by atomic mass is 16.2. The molecule has 2 saturated carbocycles. The van der Waals surface area contributed by atoms with Gasteiger partial charge in [0.2, 0.25) is 11.9 Å². The summed E-state index contributed by atoms with van der Waals surface area (Å²) in [5.41, 5.74) is 7.71. The molecule has 2 aliphatic carbocycles. The zero-order valence-electron chi connectivity index (χ0n) is 12.3. The van der Waals surface area contributed by atoms with Gasteiger partial charge < -0.3 is 10.6 Å². The molecule has 5 nitrogen and oxygen atoms in total. The molecule has 0 spiro atoms. The van der Waals surface area contributed by atoms with E-state index in [1.54, 1.807) is 6.20 Å². The molecule has 1 aliphatic heterocycles. The lowest BCUT2D eigenvalue weighted by Gasteiger charge is -2.30. The van der Waals surface area contributed by atoms with Crippen molar-refractivity contribution >= 4 is 11.9 Å². The Kier molecular flexibility index (Phi) is 3.08. The number of hydrogen-bond donors (Lipinski definition) is 1. The van der Waals surface area contributed by atoms with Crippen molar-refractivity contribution in [1.29, 1.82) is 0 Å². The molecule has 4 rings (SSSR count). The number of rotatable bonds is 2. The normalized spacial score (nSPS) is 30.5. The number of fused-ring (bicyclic) bond motifs is 3. The molecular weight excluding hydrogens is 264 g/mol. The molecule has 112 valence electrons. The van der Waals surface area contributed by atoms with Crippen LogP contribution in [0.3, 0.4) is 0 Å². The molecule has 1 aromatic rings. The summed E-state index contributed by atoms with van der Waals surface area (Å²) in [5.74, 6) is 2.95. The number of anilines is 1. The van der Waals surface area contributed by atoms with E-state index in [1.807, 2.05) is 4.90 Å². The molecule has 0 saturated heterocycles. The van der Waals surface area contributed by atoms with Crippen molar-refractivity contribution in [2.75, 3.05) is 12.3 Å². The van der Waals surface area contributed by atoms with Crippen LogP contribution >= 0.6 is 0 Å². The topological polar surface area (TPSA) is 72.1 Å². The van der Waals surface area contributed by atoms with Crippen molar-refractivity contribution in [2.24, 2.45) is 17.8 Å². The molecule has 3 aliphatic rings. The van der Waals surface area contributed by atoms with Gasteiger partial charge in [-0.2, -0.15) is 0 Å². The molecule has 3 unspecified atom stereocenters. The van der Waals surface area contributed by atoms with E-state index in [1.165, 1.54) is 25.7 Å². The molecule has 21 heavy (non-hydrogen) atoms. The van der Waals surface area contributed by atoms with Gasteiger partial charge in [-0.25, -0.2) is 9.97 Å². The Bertz CT molecular complexity index is 573. The van der Waals surface area contributed by atoms with Crippen molar-refractivity contribution in [3.05, 3.63) is 17.5 Å². The number of carbonyl (C=O) groups excluding carboxylic acids is 1. The minimum absolute atomic E-state index is 0.301. The van der Waals surface area contributed by atoms with Gasteiger partial charge in [0.15, 0.2) is 0 Å². The van der Waals surface area contributed by atoms with Crippen molar-refractivity contribution in [1.82, 2.24) is 14.9 Å². The minimum Gasteiger partial charge on any atom is -0.368 e. The van der Waals surface area contributed by atoms with E-state index in [2.05, 4.69) is 9.97 Å². The molecule has 0 radical (unpaired) electrons. The molecule has 1 amide bonds. The lowest BCUT2D eigenvalue weighted by atomic mass is 9.86. The van der Waals surface area contributed by atoms with Crippen LogP contribution in [0.25, 0.3) is 0 Å². The third-order valence-electron chi connectivity index (χ3n) is 5.64. The molecule has 2 bridgehead atoms. The summed E-state index contributed by atoms with van der Waals surface area (Å²) >= 11 is 0. The van der Waals surface area contributed by atoms with Crippen LogP contribution in [0.2, 0.25) is 0 Å². The second-order valence-corrected chi connectivity index (χ2v) is 6.90. The first-order valence-corrected chi connectivity index (χ1v) is 8.07. The molecule has 2 fully saturated rings. The predicted molar refractivity (Wildman–Crippen MR) is 79.1 cm³/mol. The highest BCUT2D eigenvalue weighted by Crippen LogP contribution is 2.49. The van der Waals surface area contributed by atoms with E-state index >= 15 is 0 Å². The van der Waals surface area contributed by atoms with Crippen molar-refractivity contribution in [3.8, 4) is 0 Å². The van der Waals surface area contributed by atoms with Crippen LogP contribution in [0.1, 0.15) is 43.4 Å². The van der Waals surface area contributed by atoms with Gasteiger partial charge in [0.1, 0.15) is 0 Å². The standard InChI is InChI=1S/C16H22N4O/c17-16-18-8-12-3-4-20(9-14(12)19-16)15(21)7-13-6-10-1-2-11(13)5-10/h8,10-11,13H,1-7,9H2,(H2,17,18,19). The van der Waals surface area contributed by atoms with Crippen molar-refractivity contribution in [3.63, 3.8) is 0 Å². The fourth-order valence-corrected chi connectivity index (χ4v) is 4.51. The first-order chi connectivity index (χ1) is 10.2. The zero-order chi connectivity index (χ0) is 14.4. The molecule has 0 aromatic carbocycles. The average molecular weight is 286 g/mol. The van der Waals surface area contributed by atoms with Gasteiger partial charge in [0, 0.05) is 19.2 Å². The van der Waals surface area contributed by atoms with Gasteiger partial charge >= 0.3 is 0 Å². The Balaban J connectivity index is 1.42. The van der Waals surface area contributed by atoms with Crippen LogP contribution in [0.15, 0.2) is 6.20 Å². The van der Waals surface area contributed by atoms with E-state index < -0.39 is 0 Å². The van der Waals surface area contributed by atoms with Gasteiger partial charge in [-0.1, -0.05) is 6.42 Å². The Labute approximate surface area is 124 Å². The number of amides is 1. The zero-order valence-corrected chi connectivity index (χ0v) is 12.3. The smallest absolute Gasteiger partial charge is 0.223 e. The lowest BCUT2D eigenvalue weighted by Crippen LogP contribution is -2.38. The number of carbonyl (C=O) groups is 1. The largest absolute Gasteiger partial charge is 0.368 e. The molecule has 2 N–H and O–H groups in total. The summed E-state index contributed by atoms with van der Waals surface area (Å²) in [6.45, 7) is 1.39. The molecule has 2 heterocycles. The van der Waals surface area contributed by atoms with E-state index in [9.17, 15) is 4.79 Å². The SMILES string of the molecule is Nc1ncc2c(n1)CN(C(=O)CC1CC3CCC1C3)CC2. The van der Waals surface area contributed by atoms with Gasteiger partial charge in [-0.3, -0.25) is 4.79 Å². The molecule has 5 heteroatoms. The van der Waals surface area contributed by atoms with Crippen LogP contribution in [0.4, 0.5) is 5.95 Å². The van der Waals surface area contributed by atoms with E-state index in [0.29, 0.717) is 24.3 Å². The maximum Gasteiger partial charge on any atom is 0.223 e. The summed E-state index contributed by atoms with van der Waals surface area (Å²) in [4.78, 5) is 22.9. The summed E-state index contributed by atoms with van der Waals surface area (Å²) in [5, 5.41) is 0. The van der Waals surface area contributed by atoms with Gasteiger partial charge in [-0.05, 0) is 49.0 Å². The Morgan fingerprint density at radius 2 is 2.29 bits per heavy atom. The maximum absolute atomic E-state index is 12.6. The second-order valence-electron chi connectivity index (χ2n) is 6.90. The Morgan fingerprint density at radius 1 is 1.38 bits per heavy atom. The number of nitrogen functional groups attached to an aromatic ring is 1. The van der Waals surface area contributed by atoms with Crippen LogP contribution in [-0.2, 0) is 17.8 Å². The highest BCUT2D eigenvalue weighted by molar-refractivity contribution is 5.76.